The Morgan fingerprint density at radius 3 is 2.74 bits per heavy atom. The molecule has 1 aliphatic rings. The van der Waals surface area contributed by atoms with Crippen LogP contribution in [0.2, 0.25) is 0 Å². The Labute approximate surface area is 116 Å². The lowest BCUT2D eigenvalue weighted by Gasteiger charge is -2.37. The lowest BCUT2D eigenvalue weighted by molar-refractivity contribution is 0.279. The molecule has 0 spiro atoms. The Bertz CT molecular complexity index is 582. The summed E-state index contributed by atoms with van der Waals surface area (Å²) in [5.74, 6) is 6.97. The Kier molecular flexibility index (Phi) is 3.06. The van der Waals surface area contributed by atoms with Gasteiger partial charge in [0, 0.05) is 13.1 Å². The van der Waals surface area contributed by atoms with Crippen LogP contribution in [0.15, 0.2) is 11.4 Å². The van der Waals surface area contributed by atoms with Crippen LogP contribution in [-0.4, -0.2) is 23.1 Å². The Morgan fingerprint density at radius 2 is 2.05 bits per heavy atom. The molecule has 3 heterocycles. The highest BCUT2D eigenvalue weighted by molar-refractivity contribution is 7.16. The van der Waals surface area contributed by atoms with Crippen LogP contribution in [0.1, 0.15) is 26.7 Å². The molecule has 0 unspecified atom stereocenters. The molecule has 0 saturated carbocycles. The van der Waals surface area contributed by atoms with Gasteiger partial charge in [-0.15, -0.1) is 11.3 Å². The average Bonchev–Trinajstić information content (AvgIpc) is 2.86. The zero-order valence-corrected chi connectivity index (χ0v) is 12.1. The zero-order valence-electron chi connectivity index (χ0n) is 11.3. The molecule has 0 aromatic carbocycles. The van der Waals surface area contributed by atoms with Gasteiger partial charge in [-0.1, -0.05) is 13.8 Å². The maximum absolute atomic E-state index is 5.46. The maximum atomic E-state index is 5.46. The summed E-state index contributed by atoms with van der Waals surface area (Å²) in [6.45, 7) is 6.74. The SMILES string of the molecule is CC1(C)CCN(c2nc(NN)nc3sccc23)CC1. The smallest absolute Gasteiger partial charge is 0.240 e. The van der Waals surface area contributed by atoms with E-state index in [-0.39, 0.29) is 0 Å². The summed E-state index contributed by atoms with van der Waals surface area (Å²) in [4.78, 5) is 12.3. The second kappa shape index (κ2) is 4.61. The number of nitrogens with one attached hydrogen (secondary N) is 1. The van der Waals surface area contributed by atoms with Crippen molar-refractivity contribution < 1.29 is 0 Å². The van der Waals surface area contributed by atoms with Crippen molar-refractivity contribution in [1.29, 1.82) is 0 Å². The molecule has 6 heteroatoms. The van der Waals surface area contributed by atoms with E-state index in [1.165, 1.54) is 12.8 Å². The first kappa shape index (κ1) is 12.6. The molecule has 102 valence electrons. The molecular formula is C13H19N5S. The molecule has 1 saturated heterocycles. The molecule has 3 N–H and O–H groups in total. The average molecular weight is 277 g/mol. The summed E-state index contributed by atoms with van der Waals surface area (Å²) in [7, 11) is 0. The van der Waals surface area contributed by atoms with E-state index in [4.69, 9.17) is 5.84 Å². The van der Waals surface area contributed by atoms with E-state index in [0.29, 0.717) is 11.4 Å². The van der Waals surface area contributed by atoms with Crippen molar-refractivity contribution >= 4 is 33.3 Å². The van der Waals surface area contributed by atoms with Crippen LogP contribution >= 0.6 is 11.3 Å². The summed E-state index contributed by atoms with van der Waals surface area (Å²) in [5.41, 5.74) is 3.00. The lowest BCUT2D eigenvalue weighted by Crippen LogP contribution is -2.38. The van der Waals surface area contributed by atoms with Crippen LogP contribution in [0.25, 0.3) is 10.2 Å². The summed E-state index contributed by atoms with van der Waals surface area (Å²) < 4.78 is 0. The normalized spacial score (nSPS) is 18.8. The van der Waals surface area contributed by atoms with Crippen LogP contribution in [0.5, 0.6) is 0 Å². The van der Waals surface area contributed by atoms with Crippen molar-refractivity contribution in [2.45, 2.75) is 26.7 Å². The van der Waals surface area contributed by atoms with Gasteiger partial charge in [0.1, 0.15) is 10.6 Å². The van der Waals surface area contributed by atoms with Gasteiger partial charge < -0.3 is 4.90 Å². The van der Waals surface area contributed by atoms with Gasteiger partial charge in [0.05, 0.1) is 5.39 Å². The molecule has 0 amide bonds. The first-order chi connectivity index (χ1) is 9.09. The molecule has 2 aromatic heterocycles. The first-order valence-electron chi connectivity index (χ1n) is 6.56. The Hall–Kier alpha value is -1.40. The fraction of sp³-hybridized carbons (Fsp3) is 0.538. The third kappa shape index (κ3) is 2.37. The fourth-order valence-electron chi connectivity index (χ4n) is 2.47. The van der Waals surface area contributed by atoms with Crippen molar-refractivity contribution in [1.82, 2.24) is 9.97 Å². The number of hydrogen-bond donors (Lipinski definition) is 2. The second-order valence-corrected chi connectivity index (χ2v) is 6.70. The highest BCUT2D eigenvalue weighted by Crippen LogP contribution is 2.35. The molecular weight excluding hydrogens is 258 g/mol. The maximum Gasteiger partial charge on any atom is 0.240 e. The topological polar surface area (TPSA) is 67.1 Å². The first-order valence-corrected chi connectivity index (χ1v) is 7.44. The summed E-state index contributed by atoms with van der Waals surface area (Å²) in [5, 5.41) is 3.18. The minimum absolute atomic E-state index is 0.437. The third-order valence-electron chi connectivity index (χ3n) is 3.85. The van der Waals surface area contributed by atoms with Gasteiger partial charge in [-0.05, 0) is 29.7 Å². The minimum Gasteiger partial charge on any atom is -0.356 e. The van der Waals surface area contributed by atoms with Gasteiger partial charge in [0.15, 0.2) is 0 Å². The molecule has 2 aromatic rings. The van der Waals surface area contributed by atoms with Gasteiger partial charge in [-0.25, -0.2) is 10.8 Å². The molecule has 0 atom stereocenters. The molecule has 3 rings (SSSR count). The van der Waals surface area contributed by atoms with Gasteiger partial charge in [0.2, 0.25) is 5.95 Å². The molecule has 1 aliphatic heterocycles. The van der Waals surface area contributed by atoms with Gasteiger partial charge in [-0.3, -0.25) is 5.43 Å². The number of thiophene rings is 1. The summed E-state index contributed by atoms with van der Waals surface area (Å²) in [6.07, 6.45) is 2.38. The van der Waals surface area contributed by atoms with E-state index in [1.54, 1.807) is 11.3 Å². The predicted octanol–water partition coefficient (Wildman–Crippen LogP) is 2.60. The van der Waals surface area contributed by atoms with Gasteiger partial charge >= 0.3 is 0 Å². The molecule has 5 nitrogen and oxygen atoms in total. The van der Waals surface area contributed by atoms with Crippen molar-refractivity contribution in [2.75, 3.05) is 23.4 Å². The summed E-state index contributed by atoms with van der Waals surface area (Å²) >= 11 is 1.62. The molecule has 1 fully saturated rings. The number of piperidine rings is 1. The lowest BCUT2D eigenvalue weighted by atomic mass is 9.82. The van der Waals surface area contributed by atoms with E-state index in [9.17, 15) is 0 Å². The second-order valence-electron chi connectivity index (χ2n) is 5.81. The fourth-order valence-corrected chi connectivity index (χ4v) is 3.23. The van der Waals surface area contributed by atoms with Crippen molar-refractivity contribution in [3.05, 3.63) is 11.4 Å². The van der Waals surface area contributed by atoms with E-state index in [2.05, 4.69) is 45.6 Å². The van der Waals surface area contributed by atoms with E-state index in [1.807, 2.05) is 0 Å². The monoisotopic (exact) mass is 277 g/mol. The highest BCUT2D eigenvalue weighted by atomic mass is 32.1. The van der Waals surface area contributed by atoms with Gasteiger partial charge in [0.25, 0.3) is 0 Å². The van der Waals surface area contributed by atoms with Crippen LogP contribution in [0, 0.1) is 5.41 Å². The number of hydrazine groups is 1. The van der Waals surface area contributed by atoms with Gasteiger partial charge in [-0.2, -0.15) is 4.98 Å². The molecule has 19 heavy (non-hydrogen) atoms. The minimum atomic E-state index is 0.437. The van der Waals surface area contributed by atoms with E-state index >= 15 is 0 Å². The third-order valence-corrected chi connectivity index (χ3v) is 4.66. The standard InChI is InChI=1S/C13H19N5S/c1-13(2)4-6-18(7-5-13)10-9-3-8-19-11(9)16-12(15-10)17-14/h3,8H,4-7,14H2,1-2H3,(H,15,16,17). The number of aromatic nitrogens is 2. The summed E-state index contributed by atoms with van der Waals surface area (Å²) in [6, 6.07) is 2.09. The number of fused-ring (bicyclic) bond motifs is 1. The van der Waals surface area contributed by atoms with Crippen molar-refractivity contribution in [3.8, 4) is 0 Å². The molecule has 0 aliphatic carbocycles. The zero-order chi connectivity index (χ0) is 13.5. The van der Waals surface area contributed by atoms with Crippen molar-refractivity contribution in [3.63, 3.8) is 0 Å². The number of hydrogen-bond acceptors (Lipinski definition) is 6. The van der Waals surface area contributed by atoms with Crippen LogP contribution < -0.4 is 16.2 Å². The largest absolute Gasteiger partial charge is 0.356 e. The number of nitrogens with zero attached hydrogens (tertiary/aromatic N) is 3. The highest BCUT2D eigenvalue weighted by Gasteiger charge is 2.27. The van der Waals surface area contributed by atoms with Crippen LogP contribution in [0.3, 0.4) is 0 Å². The Balaban J connectivity index is 1.98. The van der Waals surface area contributed by atoms with Crippen molar-refractivity contribution in [2.24, 2.45) is 11.3 Å². The Morgan fingerprint density at radius 1 is 1.32 bits per heavy atom. The number of anilines is 2. The van der Waals surface area contributed by atoms with Crippen LogP contribution in [-0.2, 0) is 0 Å². The number of nitrogens with two attached hydrogens (primary N) is 1. The van der Waals surface area contributed by atoms with E-state index < -0.39 is 0 Å². The molecule has 0 radical (unpaired) electrons. The molecule has 0 bridgehead atoms. The quantitative estimate of drug-likeness (QED) is 0.652. The predicted molar refractivity (Wildman–Crippen MR) is 80.5 cm³/mol. The number of nitrogen functional groups attached to an aromatic ring is 1. The van der Waals surface area contributed by atoms with Crippen LogP contribution in [0.4, 0.5) is 11.8 Å². The van der Waals surface area contributed by atoms with E-state index in [0.717, 1.165) is 29.1 Å². The number of rotatable bonds is 2.